The molecule has 0 aliphatic carbocycles. The van der Waals surface area contributed by atoms with Gasteiger partial charge in [-0.15, -0.1) is 20.5 Å². The Morgan fingerprint density at radius 2 is 1.10 bits per heavy atom. The van der Waals surface area contributed by atoms with Gasteiger partial charge in [0, 0.05) is 23.9 Å². The minimum atomic E-state index is -0.810. The lowest BCUT2D eigenvalue weighted by atomic mass is 10.1. The average molecular weight is 559 g/mol. The van der Waals surface area contributed by atoms with Gasteiger partial charge in [0.1, 0.15) is 6.42 Å². The number of unbranched alkanes of at least 4 members (excludes halogenated alkanes) is 4. The number of nitrogens with zero attached hydrogens (tertiary/aromatic N) is 6. The molecule has 0 aliphatic rings. The summed E-state index contributed by atoms with van der Waals surface area (Å²) in [6, 6.07) is 11.5. The Morgan fingerprint density at radius 3 is 1.49 bits per heavy atom. The molecular formula is C31H38N6O4. The van der Waals surface area contributed by atoms with Crippen molar-refractivity contribution in [1.29, 1.82) is 0 Å². The average Bonchev–Trinajstić information content (AvgIpc) is 3.35. The molecule has 4 aromatic rings. The predicted molar refractivity (Wildman–Crippen MR) is 159 cm³/mol. The van der Waals surface area contributed by atoms with Crippen LogP contribution < -0.4 is 0 Å². The first kappa shape index (κ1) is 29.6. The molecule has 2 N–H and O–H groups in total. The van der Waals surface area contributed by atoms with Gasteiger partial charge in [-0.05, 0) is 51.0 Å². The van der Waals surface area contributed by atoms with Gasteiger partial charge in [-0.25, -0.2) is 0 Å². The number of hydrogen-bond donors (Lipinski definition) is 2. The van der Waals surface area contributed by atoms with E-state index in [4.69, 9.17) is 0 Å². The van der Waals surface area contributed by atoms with E-state index in [1.807, 2.05) is 50.2 Å². The van der Waals surface area contributed by atoms with Gasteiger partial charge in [-0.2, -0.15) is 0 Å². The molecule has 4 rings (SSSR count). The summed E-state index contributed by atoms with van der Waals surface area (Å²) in [7, 11) is 0. The quantitative estimate of drug-likeness (QED) is 0.103. The van der Waals surface area contributed by atoms with Gasteiger partial charge < -0.3 is 19.3 Å². The second-order valence-electron chi connectivity index (χ2n) is 10.5. The molecule has 216 valence electrons. The number of hydrogen-bond acceptors (Lipinski definition) is 6. The second-order valence-corrected chi connectivity index (χ2v) is 10.5. The lowest BCUT2D eigenvalue weighted by Gasteiger charge is -2.06. The number of azo groups is 2. The van der Waals surface area contributed by atoms with Gasteiger partial charge in [0.15, 0.2) is 11.4 Å². The van der Waals surface area contributed by atoms with Crippen LogP contribution in [0, 0.1) is 13.8 Å². The molecule has 2 heterocycles. The molecule has 2 aromatic heterocycles. The molecule has 2 aromatic carbocycles. The van der Waals surface area contributed by atoms with Gasteiger partial charge in [0.2, 0.25) is 11.8 Å². The zero-order valence-electron chi connectivity index (χ0n) is 24.2. The third-order valence-corrected chi connectivity index (χ3v) is 7.13. The fraction of sp³-hybridized carbons (Fsp3) is 0.419. The van der Waals surface area contributed by atoms with Gasteiger partial charge in [0.25, 0.3) is 11.8 Å². The summed E-state index contributed by atoms with van der Waals surface area (Å²) in [4.78, 5) is 25.0. The number of aryl methyl sites for hydroxylation is 4. The number of carbonyl (C=O) groups excluding carboxylic acids is 2. The van der Waals surface area contributed by atoms with E-state index in [1.54, 1.807) is 9.13 Å². The van der Waals surface area contributed by atoms with E-state index in [0.29, 0.717) is 23.9 Å². The molecule has 10 nitrogen and oxygen atoms in total. The summed E-state index contributed by atoms with van der Waals surface area (Å²) in [5, 5.41) is 38.6. The highest BCUT2D eigenvalue weighted by atomic mass is 16.3. The van der Waals surface area contributed by atoms with Crippen molar-refractivity contribution in [3.63, 3.8) is 0 Å². The largest absolute Gasteiger partial charge is 0.493 e. The van der Waals surface area contributed by atoms with E-state index < -0.39 is 18.2 Å². The highest BCUT2D eigenvalue weighted by molar-refractivity contribution is 5.99. The number of benzene rings is 2. The van der Waals surface area contributed by atoms with E-state index in [0.717, 1.165) is 60.7 Å². The zero-order valence-corrected chi connectivity index (χ0v) is 24.2. The third-order valence-electron chi connectivity index (χ3n) is 7.13. The summed E-state index contributed by atoms with van der Waals surface area (Å²) in [6.45, 7) is 9.32. The molecule has 0 saturated heterocycles. The molecular weight excluding hydrogens is 520 g/mol. The molecule has 41 heavy (non-hydrogen) atoms. The summed E-state index contributed by atoms with van der Waals surface area (Å²) in [5.74, 6) is -1.75. The monoisotopic (exact) mass is 558 g/mol. The zero-order chi connectivity index (χ0) is 29.5. The Kier molecular flexibility index (Phi) is 9.65. The maximum Gasteiger partial charge on any atom is 0.274 e. The fourth-order valence-corrected chi connectivity index (χ4v) is 4.98. The summed E-state index contributed by atoms with van der Waals surface area (Å²) in [5.41, 5.74) is 3.95. The number of rotatable bonds is 12. The predicted octanol–water partition coefficient (Wildman–Crippen LogP) is 8.32. The van der Waals surface area contributed by atoms with E-state index >= 15 is 0 Å². The normalized spacial score (nSPS) is 12.0. The summed E-state index contributed by atoms with van der Waals surface area (Å²) < 4.78 is 3.55. The summed E-state index contributed by atoms with van der Waals surface area (Å²) >= 11 is 0. The van der Waals surface area contributed by atoms with Crippen molar-refractivity contribution in [2.75, 3.05) is 0 Å². The lowest BCUT2D eigenvalue weighted by Crippen LogP contribution is -2.01. The van der Waals surface area contributed by atoms with Gasteiger partial charge >= 0.3 is 0 Å². The molecule has 0 saturated carbocycles. The molecule has 0 fully saturated rings. The van der Waals surface area contributed by atoms with E-state index in [9.17, 15) is 19.8 Å². The van der Waals surface area contributed by atoms with Crippen molar-refractivity contribution in [2.24, 2.45) is 20.5 Å². The molecule has 0 spiro atoms. The van der Waals surface area contributed by atoms with E-state index in [1.165, 1.54) is 0 Å². The highest BCUT2D eigenvalue weighted by Gasteiger charge is 2.19. The number of aromatic nitrogens is 2. The van der Waals surface area contributed by atoms with Crippen LogP contribution in [0.25, 0.3) is 21.8 Å². The topological polar surface area (TPSA) is 134 Å². The Balaban J connectivity index is 1.52. The van der Waals surface area contributed by atoms with Crippen LogP contribution in [0.2, 0.25) is 0 Å². The SMILES string of the molecule is CCCCCn1c(O)c(N=NC(=O)CC(=O)N=Nc2c(O)n(CCCCC)c3ccc(C)cc23)c2cc(C)ccc21. The maximum atomic E-state index is 12.5. The molecule has 2 amide bonds. The smallest absolute Gasteiger partial charge is 0.274 e. The molecule has 0 unspecified atom stereocenters. The molecule has 0 aliphatic heterocycles. The van der Waals surface area contributed by atoms with Crippen LogP contribution in [0.3, 0.4) is 0 Å². The first-order chi connectivity index (χ1) is 19.7. The van der Waals surface area contributed by atoms with Crippen molar-refractivity contribution in [3.05, 3.63) is 47.5 Å². The number of carbonyl (C=O) groups is 2. The van der Waals surface area contributed by atoms with Crippen molar-refractivity contribution < 1.29 is 19.8 Å². The second kappa shape index (κ2) is 13.3. The Hall–Kier alpha value is -4.34. The summed E-state index contributed by atoms with van der Waals surface area (Å²) in [6.07, 6.45) is 5.28. The maximum absolute atomic E-state index is 12.5. The third kappa shape index (κ3) is 6.70. The molecule has 0 bridgehead atoms. The van der Waals surface area contributed by atoms with E-state index in [-0.39, 0.29) is 23.1 Å². The lowest BCUT2D eigenvalue weighted by molar-refractivity contribution is -0.126. The first-order valence-corrected chi connectivity index (χ1v) is 14.3. The van der Waals surface area contributed by atoms with Gasteiger partial charge in [-0.3, -0.25) is 9.59 Å². The van der Waals surface area contributed by atoms with Gasteiger partial charge in [0.05, 0.1) is 11.0 Å². The fourth-order valence-electron chi connectivity index (χ4n) is 4.98. The van der Waals surface area contributed by atoms with Crippen molar-refractivity contribution in [2.45, 2.75) is 85.7 Å². The Labute approximate surface area is 239 Å². The van der Waals surface area contributed by atoms with Crippen molar-refractivity contribution >= 4 is 45.0 Å². The highest BCUT2D eigenvalue weighted by Crippen LogP contribution is 2.41. The minimum Gasteiger partial charge on any atom is -0.493 e. The van der Waals surface area contributed by atoms with Crippen LogP contribution in [0.15, 0.2) is 56.9 Å². The van der Waals surface area contributed by atoms with Crippen LogP contribution in [0.5, 0.6) is 11.8 Å². The Bertz CT molecular complexity index is 1510. The first-order valence-electron chi connectivity index (χ1n) is 14.3. The van der Waals surface area contributed by atoms with Gasteiger partial charge in [-0.1, -0.05) is 62.8 Å². The minimum absolute atomic E-state index is 0.0645. The van der Waals surface area contributed by atoms with Crippen molar-refractivity contribution in [3.8, 4) is 11.8 Å². The number of fused-ring (bicyclic) bond motifs is 2. The van der Waals surface area contributed by atoms with Crippen molar-refractivity contribution in [1.82, 2.24) is 9.13 Å². The van der Waals surface area contributed by atoms with Crippen LogP contribution >= 0.6 is 0 Å². The number of amides is 2. The van der Waals surface area contributed by atoms with Crippen LogP contribution in [-0.4, -0.2) is 31.2 Å². The number of aromatic hydroxyl groups is 2. The van der Waals surface area contributed by atoms with Crippen LogP contribution in [0.4, 0.5) is 11.4 Å². The van der Waals surface area contributed by atoms with E-state index in [2.05, 4.69) is 34.3 Å². The van der Waals surface area contributed by atoms with Crippen LogP contribution in [0.1, 0.15) is 69.9 Å². The molecule has 0 atom stereocenters. The molecule has 10 heteroatoms. The molecule has 0 radical (unpaired) electrons. The Morgan fingerprint density at radius 1 is 0.683 bits per heavy atom. The standard InChI is InChI=1S/C31H38N6O4/c1-5-7-9-15-36-24-13-11-20(3)17-22(24)28(30(36)40)34-32-26(38)19-27(39)33-35-29-23-18-21(4)12-14-25(23)37(31(29)41)16-10-8-6-2/h11-14,17-18,40-41H,5-10,15-16,19H2,1-4H3. The van der Waals surface area contributed by atoms with Crippen LogP contribution in [-0.2, 0) is 22.7 Å².